The van der Waals surface area contributed by atoms with Crippen LogP contribution >= 0.6 is 0 Å². The lowest BCUT2D eigenvalue weighted by molar-refractivity contribution is 0.0928. The molecule has 1 saturated heterocycles. The molecular weight excluding hydrogens is 218 g/mol. The fraction of sp³-hybridized carbons (Fsp3) is 0.667. The average Bonchev–Trinajstić information content (AvgIpc) is 2.71. The van der Waals surface area contributed by atoms with Gasteiger partial charge in [-0.15, -0.1) is 0 Å². The normalized spacial score (nSPS) is 20.2. The van der Waals surface area contributed by atoms with E-state index in [2.05, 4.69) is 15.8 Å². The molecule has 0 saturated carbocycles. The monoisotopic (exact) mass is 237 g/mol. The summed E-state index contributed by atoms with van der Waals surface area (Å²) in [5, 5.41) is 10.2. The number of aryl methyl sites for hydroxylation is 2. The second-order valence-corrected chi connectivity index (χ2v) is 4.43. The van der Waals surface area contributed by atoms with Gasteiger partial charge in [0, 0.05) is 12.6 Å². The number of piperidine rings is 1. The van der Waals surface area contributed by atoms with Crippen LogP contribution in [0.15, 0.2) is 4.52 Å². The summed E-state index contributed by atoms with van der Waals surface area (Å²) in [4.78, 5) is 12.1. The third-order valence-corrected chi connectivity index (χ3v) is 3.13. The maximum atomic E-state index is 12.1. The predicted molar refractivity (Wildman–Crippen MR) is 64.0 cm³/mol. The molecule has 2 heterocycles. The number of aromatic nitrogens is 1. The van der Waals surface area contributed by atoms with Crippen LogP contribution in [0.3, 0.4) is 0 Å². The summed E-state index contributed by atoms with van der Waals surface area (Å²) in [6.45, 7) is 5.63. The summed E-state index contributed by atoms with van der Waals surface area (Å²) in [5.74, 6) is 0.539. The maximum absolute atomic E-state index is 12.1. The molecule has 17 heavy (non-hydrogen) atoms. The summed E-state index contributed by atoms with van der Waals surface area (Å²) in [6.07, 6.45) is 2.85. The maximum Gasteiger partial charge on any atom is 0.257 e. The van der Waals surface area contributed by atoms with Crippen molar-refractivity contribution in [1.82, 2.24) is 15.8 Å². The van der Waals surface area contributed by atoms with Crippen LogP contribution in [-0.2, 0) is 6.42 Å². The molecule has 0 unspecified atom stereocenters. The van der Waals surface area contributed by atoms with E-state index in [0.717, 1.165) is 31.6 Å². The predicted octanol–water partition coefficient (Wildman–Crippen LogP) is 1.03. The molecule has 0 bridgehead atoms. The Morgan fingerprint density at radius 2 is 2.47 bits per heavy atom. The van der Waals surface area contributed by atoms with E-state index in [9.17, 15) is 4.79 Å². The van der Waals surface area contributed by atoms with Crippen molar-refractivity contribution in [2.75, 3.05) is 13.1 Å². The van der Waals surface area contributed by atoms with Gasteiger partial charge < -0.3 is 15.2 Å². The van der Waals surface area contributed by atoms with Gasteiger partial charge in [-0.1, -0.05) is 12.1 Å². The van der Waals surface area contributed by atoms with Crippen molar-refractivity contribution in [2.45, 2.75) is 39.2 Å². The highest BCUT2D eigenvalue weighted by Crippen LogP contribution is 2.14. The molecule has 5 heteroatoms. The molecule has 1 aliphatic heterocycles. The third-order valence-electron chi connectivity index (χ3n) is 3.13. The highest BCUT2D eigenvalue weighted by atomic mass is 16.5. The van der Waals surface area contributed by atoms with Crippen molar-refractivity contribution in [3.05, 3.63) is 17.0 Å². The van der Waals surface area contributed by atoms with Crippen molar-refractivity contribution < 1.29 is 9.32 Å². The second-order valence-electron chi connectivity index (χ2n) is 4.43. The van der Waals surface area contributed by atoms with Crippen molar-refractivity contribution in [3.63, 3.8) is 0 Å². The average molecular weight is 237 g/mol. The van der Waals surface area contributed by atoms with Crippen LogP contribution in [0.2, 0.25) is 0 Å². The zero-order chi connectivity index (χ0) is 12.3. The Hall–Kier alpha value is -1.36. The first-order valence-electron chi connectivity index (χ1n) is 6.19. The first-order valence-corrected chi connectivity index (χ1v) is 6.19. The molecule has 0 spiro atoms. The lowest BCUT2D eigenvalue weighted by Gasteiger charge is -2.23. The second kappa shape index (κ2) is 5.31. The van der Waals surface area contributed by atoms with Crippen molar-refractivity contribution >= 4 is 5.91 Å². The van der Waals surface area contributed by atoms with Gasteiger partial charge in [-0.3, -0.25) is 4.79 Å². The summed E-state index contributed by atoms with van der Waals surface area (Å²) in [7, 11) is 0. The molecule has 1 atom stereocenters. The first kappa shape index (κ1) is 12.1. The molecule has 5 nitrogen and oxygen atoms in total. The Kier molecular flexibility index (Phi) is 3.78. The molecule has 1 aromatic heterocycles. The molecule has 2 N–H and O–H groups in total. The zero-order valence-electron chi connectivity index (χ0n) is 10.4. The van der Waals surface area contributed by atoms with Crippen LogP contribution in [-0.4, -0.2) is 30.2 Å². The molecule has 1 fully saturated rings. The topological polar surface area (TPSA) is 67.2 Å². The van der Waals surface area contributed by atoms with Crippen molar-refractivity contribution in [3.8, 4) is 0 Å². The minimum Gasteiger partial charge on any atom is -0.361 e. The van der Waals surface area contributed by atoms with Crippen LogP contribution < -0.4 is 10.6 Å². The highest BCUT2D eigenvalue weighted by Gasteiger charge is 2.22. The standard InChI is InChI=1S/C12H19N3O2/c1-3-10-11(8(2)17-15-10)12(16)14-9-5-4-6-13-7-9/h9,13H,3-7H2,1-2H3,(H,14,16)/t9-/m0/s1. The Bertz CT molecular complexity index is 394. The fourth-order valence-corrected chi connectivity index (χ4v) is 2.18. The summed E-state index contributed by atoms with van der Waals surface area (Å²) < 4.78 is 5.07. The molecule has 0 radical (unpaired) electrons. The van der Waals surface area contributed by atoms with Crippen LogP contribution in [0.1, 0.15) is 41.6 Å². The van der Waals surface area contributed by atoms with E-state index < -0.39 is 0 Å². The summed E-state index contributed by atoms with van der Waals surface area (Å²) >= 11 is 0. The number of hydrogen-bond acceptors (Lipinski definition) is 4. The highest BCUT2D eigenvalue weighted by molar-refractivity contribution is 5.96. The van der Waals surface area contributed by atoms with Gasteiger partial charge in [0.2, 0.25) is 0 Å². The van der Waals surface area contributed by atoms with Crippen LogP contribution in [0.5, 0.6) is 0 Å². The molecule has 1 amide bonds. The number of nitrogens with zero attached hydrogens (tertiary/aromatic N) is 1. The molecule has 94 valence electrons. The summed E-state index contributed by atoms with van der Waals surface area (Å²) in [6, 6.07) is 0.218. The van der Waals surface area contributed by atoms with Crippen LogP contribution in [0, 0.1) is 6.92 Å². The molecule has 1 aliphatic rings. The number of nitrogens with one attached hydrogen (secondary N) is 2. The summed E-state index contributed by atoms with van der Waals surface area (Å²) in [5.41, 5.74) is 1.35. The molecule has 0 aromatic carbocycles. The quantitative estimate of drug-likeness (QED) is 0.824. The number of carbonyl (C=O) groups excluding carboxylic acids is 1. The van der Waals surface area contributed by atoms with Gasteiger partial charge in [0.15, 0.2) is 0 Å². The van der Waals surface area contributed by atoms with E-state index in [4.69, 9.17) is 4.52 Å². The zero-order valence-corrected chi connectivity index (χ0v) is 10.4. The lowest BCUT2D eigenvalue weighted by Crippen LogP contribution is -2.45. The van der Waals surface area contributed by atoms with Gasteiger partial charge in [0.25, 0.3) is 5.91 Å². The smallest absolute Gasteiger partial charge is 0.257 e. The van der Waals surface area contributed by atoms with Gasteiger partial charge in [-0.2, -0.15) is 0 Å². The first-order chi connectivity index (χ1) is 8.22. The third kappa shape index (κ3) is 2.66. The van der Waals surface area contributed by atoms with Gasteiger partial charge in [-0.05, 0) is 32.7 Å². The molecule has 1 aromatic rings. The van der Waals surface area contributed by atoms with Crippen LogP contribution in [0.4, 0.5) is 0 Å². The fourth-order valence-electron chi connectivity index (χ4n) is 2.18. The molecule has 2 rings (SSSR count). The Labute approximate surface area is 101 Å². The Balaban J connectivity index is 2.05. The van der Waals surface area contributed by atoms with Crippen LogP contribution in [0.25, 0.3) is 0 Å². The van der Waals surface area contributed by atoms with Crippen molar-refractivity contribution in [1.29, 1.82) is 0 Å². The van der Waals surface area contributed by atoms with E-state index >= 15 is 0 Å². The van der Waals surface area contributed by atoms with E-state index in [0.29, 0.717) is 17.7 Å². The largest absolute Gasteiger partial charge is 0.361 e. The van der Waals surface area contributed by atoms with Crippen molar-refractivity contribution in [2.24, 2.45) is 0 Å². The van der Waals surface area contributed by atoms with Gasteiger partial charge in [0.05, 0.1) is 5.69 Å². The minimum atomic E-state index is -0.0608. The SMILES string of the molecule is CCc1noc(C)c1C(=O)N[C@H]1CCCNC1. The Morgan fingerprint density at radius 1 is 1.65 bits per heavy atom. The number of rotatable bonds is 3. The van der Waals surface area contributed by atoms with Gasteiger partial charge in [0.1, 0.15) is 11.3 Å². The number of carbonyl (C=O) groups is 1. The Morgan fingerprint density at radius 3 is 3.12 bits per heavy atom. The van der Waals surface area contributed by atoms with Gasteiger partial charge in [-0.25, -0.2) is 0 Å². The lowest BCUT2D eigenvalue weighted by atomic mass is 10.1. The van der Waals surface area contributed by atoms with Gasteiger partial charge >= 0.3 is 0 Å². The van der Waals surface area contributed by atoms with E-state index in [-0.39, 0.29) is 11.9 Å². The molecular formula is C12H19N3O2. The molecule has 0 aliphatic carbocycles. The van der Waals surface area contributed by atoms with E-state index in [1.165, 1.54) is 0 Å². The number of amides is 1. The van der Waals surface area contributed by atoms with E-state index in [1.54, 1.807) is 6.92 Å². The number of hydrogen-bond donors (Lipinski definition) is 2. The van der Waals surface area contributed by atoms with E-state index in [1.807, 2.05) is 6.92 Å². The minimum absolute atomic E-state index is 0.0608.